The molecule has 0 aliphatic carbocycles. The second kappa shape index (κ2) is 8.69. The molecule has 182 valence electrons. The van der Waals surface area contributed by atoms with Crippen molar-refractivity contribution in [1.82, 2.24) is 0 Å². The van der Waals surface area contributed by atoms with Crippen molar-refractivity contribution in [2.24, 2.45) is 0 Å². The molecule has 0 atom stereocenters. The first-order valence-corrected chi connectivity index (χ1v) is 12.0. The number of hydrogen-bond donors (Lipinski definition) is 3. The molecule has 0 aromatic heterocycles. The smallest absolute Gasteiger partial charge is 0.123 e. The van der Waals surface area contributed by atoms with Crippen molar-refractivity contribution in [2.75, 3.05) is 0 Å². The van der Waals surface area contributed by atoms with E-state index < -0.39 is 0 Å². The zero-order chi connectivity index (χ0) is 25.7. The Hall–Kier alpha value is -2.94. The lowest BCUT2D eigenvalue weighted by Gasteiger charge is -2.31. The number of aromatic hydroxyl groups is 3. The molecule has 0 unspecified atom stereocenters. The Labute approximate surface area is 205 Å². The molecule has 3 heteroatoms. The maximum absolute atomic E-state index is 11.3. The summed E-state index contributed by atoms with van der Waals surface area (Å²) in [6, 6.07) is 12.4. The van der Waals surface area contributed by atoms with Crippen LogP contribution in [0.5, 0.6) is 17.2 Å². The molecular formula is C31H40O3. The standard InChI is InChI=1S/C31H40O3/c1-17-11-21(12-18(2)27(17)32)26(22-13-19(3)28(33)20(4)14-22)23-15-24(30(5,6)7)29(34)25(16-23)31(8,9)10/h11-16,26,32-34H,1-10H3. The van der Waals surface area contributed by atoms with E-state index in [1.807, 2.05) is 52.0 Å². The van der Waals surface area contributed by atoms with Crippen LogP contribution in [0.15, 0.2) is 36.4 Å². The van der Waals surface area contributed by atoms with Crippen molar-refractivity contribution in [3.63, 3.8) is 0 Å². The molecule has 3 aromatic carbocycles. The van der Waals surface area contributed by atoms with Crippen molar-refractivity contribution in [2.45, 2.75) is 86.0 Å². The van der Waals surface area contributed by atoms with Crippen LogP contribution in [0.4, 0.5) is 0 Å². The quantitative estimate of drug-likeness (QED) is 0.349. The molecule has 0 radical (unpaired) electrons. The molecule has 0 aliphatic heterocycles. The van der Waals surface area contributed by atoms with Gasteiger partial charge in [-0.05, 0) is 88.6 Å². The van der Waals surface area contributed by atoms with Gasteiger partial charge in [0.05, 0.1) is 0 Å². The Morgan fingerprint density at radius 1 is 0.471 bits per heavy atom. The van der Waals surface area contributed by atoms with Crippen LogP contribution in [0.1, 0.15) is 97.5 Å². The van der Waals surface area contributed by atoms with Gasteiger partial charge >= 0.3 is 0 Å². The number of benzene rings is 3. The summed E-state index contributed by atoms with van der Waals surface area (Å²) in [7, 11) is 0. The van der Waals surface area contributed by atoms with Crippen molar-refractivity contribution in [3.8, 4) is 17.2 Å². The van der Waals surface area contributed by atoms with Gasteiger partial charge in [0.15, 0.2) is 0 Å². The van der Waals surface area contributed by atoms with Crippen LogP contribution in [0.25, 0.3) is 0 Å². The van der Waals surface area contributed by atoms with Gasteiger partial charge in [-0.1, -0.05) is 77.9 Å². The normalized spacial score (nSPS) is 12.4. The summed E-state index contributed by atoms with van der Waals surface area (Å²) in [4.78, 5) is 0. The molecule has 0 heterocycles. The first-order chi connectivity index (χ1) is 15.5. The fourth-order valence-corrected chi connectivity index (χ4v) is 4.86. The first kappa shape index (κ1) is 25.7. The lowest BCUT2D eigenvalue weighted by Crippen LogP contribution is -2.19. The van der Waals surface area contributed by atoms with Crippen molar-refractivity contribution < 1.29 is 15.3 Å². The number of aryl methyl sites for hydroxylation is 4. The number of rotatable bonds is 3. The molecule has 3 nitrogen and oxygen atoms in total. The van der Waals surface area contributed by atoms with Gasteiger partial charge in [-0.3, -0.25) is 0 Å². The van der Waals surface area contributed by atoms with Crippen LogP contribution in [0, 0.1) is 27.7 Å². The van der Waals surface area contributed by atoms with Gasteiger partial charge in [0, 0.05) is 5.92 Å². The van der Waals surface area contributed by atoms with Gasteiger partial charge in [-0.25, -0.2) is 0 Å². The second-order valence-corrected chi connectivity index (χ2v) is 11.9. The van der Waals surface area contributed by atoms with Gasteiger partial charge in [0.2, 0.25) is 0 Å². The molecular weight excluding hydrogens is 420 g/mol. The maximum Gasteiger partial charge on any atom is 0.123 e. The largest absolute Gasteiger partial charge is 0.507 e. The summed E-state index contributed by atoms with van der Waals surface area (Å²) in [5.74, 6) is 0.867. The fourth-order valence-electron chi connectivity index (χ4n) is 4.86. The zero-order valence-electron chi connectivity index (χ0n) is 22.4. The molecule has 0 bridgehead atoms. The van der Waals surface area contributed by atoms with Gasteiger partial charge in [-0.15, -0.1) is 0 Å². The average Bonchev–Trinajstić information content (AvgIpc) is 2.69. The van der Waals surface area contributed by atoms with Crippen LogP contribution in [0.2, 0.25) is 0 Å². The highest BCUT2D eigenvalue weighted by atomic mass is 16.3. The lowest BCUT2D eigenvalue weighted by molar-refractivity contribution is 0.422. The third kappa shape index (κ3) is 4.80. The predicted octanol–water partition coefficient (Wildman–Crippen LogP) is 7.81. The highest BCUT2D eigenvalue weighted by molar-refractivity contribution is 5.57. The van der Waals surface area contributed by atoms with E-state index in [0.29, 0.717) is 17.2 Å². The van der Waals surface area contributed by atoms with Crippen molar-refractivity contribution in [1.29, 1.82) is 0 Å². The highest BCUT2D eigenvalue weighted by Crippen LogP contribution is 2.45. The van der Waals surface area contributed by atoms with Crippen LogP contribution in [0.3, 0.4) is 0 Å². The molecule has 0 aliphatic rings. The minimum absolute atomic E-state index is 0.126. The molecule has 0 spiro atoms. The Morgan fingerprint density at radius 2 is 0.735 bits per heavy atom. The molecule has 0 amide bonds. The van der Waals surface area contributed by atoms with E-state index in [1.54, 1.807) is 0 Å². The molecule has 3 N–H and O–H groups in total. The summed E-state index contributed by atoms with van der Waals surface area (Å²) in [6.45, 7) is 20.4. The molecule has 0 fully saturated rings. The second-order valence-electron chi connectivity index (χ2n) is 11.9. The first-order valence-electron chi connectivity index (χ1n) is 12.0. The fraction of sp³-hybridized carbons (Fsp3) is 0.419. The summed E-state index contributed by atoms with van der Waals surface area (Å²) < 4.78 is 0. The van der Waals surface area contributed by atoms with E-state index in [4.69, 9.17) is 0 Å². The van der Waals surface area contributed by atoms with Gasteiger partial charge in [-0.2, -0.15) is 0 Å². The third-order valence-electron chi connectivity index (χ3n) is 6.78. The SMILES string of the molecule is Cc1cc(C(c2cc(C)c(O)c(C)c2)c2cc(C(C)(C)C)c(O)c(C(C)(C)C)c2)cc(C)c1O. The topological polar surface area (TPSA) is 60.7 Å². The molecule has 34 heavy (non-hydrogen) atoms. The summed E-state index contributed by atoms with van der Waals surface area (Å²) >= 11 is 0. The zero-order valence-corrected chi connectivity index (χ0v) is 22.4. The highest BCUT2D eigenvalue weighted by Gasteiger charge is 2.30. The van der Waals surface area contributed by atoms with E-state index in [1.165, 1.54) is 0 Å². The Balaban J connectivity index is 2.45. The van der Waals surface area contributed by atoms with Crippen molar-refractivity contribution in [3.05, 3.63) is 86.5 Å². The molecule has 3 aromatic rings. The molecule has 0 saturated heterocycles. The molecule has 0 saturated carbocycles. The van der Waals surface area contributed by atoms with E-state index in [0.717, 1.165) is 50.1 Å². The Morgan fingerprint density at radius 3 is 1.00 bits per heavy atom. The van der Waals surface area contributed by atoms with Gasteiger partial charge in [0.25, 0.3) is 0 Å². The predicted molar refractivity (Wildman–Crippen MR) is 142 cm³/mol. The van der Waals surface area contributed by atoms with E-state index in [2.05, 4.69) is 53.7 Å². The summed E-state index contributed by atoms with van der Waals surface area (Å²) in [5.41, 5.74) is 7.90. The monoisotopic (exact) mass is 460 g/mol. The van der Waals surface area contributed by atoms with Crippen molar-refractivity contribution >= 4 is 0 Å². The van der Waals surface area contributed by atoms with Crippen LogP contribution in [-0.4, -0.2) is 15.3 Å². The van der Waals surface area contributed by atoms with Crippen LogP contribution in [-0.2, 0) is 10.8 Å². The van der Waals surface area contributed by atoms with E-state index in [9.17, 15) is 15.3 Å². The summed E-state index contributed by atoms with van der Waals surface area (Å²) in [6.07, 6.45) is 0. The number of hydrogen-bond acceptors (Lipinski definition) is 3. The molecule has 3 rings (SSSR count). The number of phenolic OH excluding ortho intramolecular Hbond substituents is 3. The Bertz CT molecular complexity index is 1100. The minimum Gasteiger partial charge on any atom is -0.507 e. The Kier molecular flexibility index (Phi) is 6.56. The van der Waals surface area contributed by atoms with Gasteiger partial charge < -0.3 is 15.3 Å². The summed E-state index contributed by atoms with van der Waals surface area (Å²) in [5, 5.41) is 32.2. The van der Waals surface area contributed by atoms with E-state index >= 15 is 0 Å². The van der Waals surface area contributed by atoms with E-state index in [-0.39, 0.29) is 16.7 Å². The van der Waals surface area contributed by atoms with Crippen LogP contribution < -0.4 is 0 Å². The average molecular weight is 461 g/mol. The third-order valence-corrected chi connectivity index (χ3v) is 6.78. The lowest BCUT2D eigenvalue weighted by atomic mass is 9.74. The number of phenols is 3. The maximum atomic E-state index is 11.3. The minimum atomic E-state index is -0.244. The van der Waals surface area contributed by atoms with Gasteiger partial charge in [0.1, 0.15) is 17.2 Å². The van der Waals surface area contributed by atoms with Crippen LogP contribution >= 0.6 is 0 Å².